The molecule has 0 N–H and O–H groups in total. The Morgan fingerprint density at radius 1 is 1.31 bits per heavy atom. The molecule has 0 spiro atoms. The second-order valence-corrected chi connectivity index (χ2v) is 5.72. The number of rotatable bonds is 5. The molecule has 0 bridgehead atoms. The van der Waals surface area contributed by atoms with Crippen LogP contribution in [0.5, 0.6) is 0 Å². The smallest absolute Gasteiger partial charge is 0.311 e. The van der Waals surface area contributed by atoms with E-state index in [-0.39, 0.29) is 17.5 Å². The largest absolute Gasteiger partial charge is 0.462 e. The third-order valence-corrected chi connectivity index (χ3v) is 3.58. The van der Waals surface area contributed by atoms with Crippen molar-refractivity contribution >= 4 is 17.6 Å². The summed E-state index contributed by atoms with van der Waals surface area (Å²) in [7, 11) is 0. The number of hydrogen-bond donors (Lipinski definition) is 0. The zero-order valence-corrected chi connectivity index (χ0v) is 11.2. The fraction of sp³-hybridized carbons (Fsp3) is 0.923. The van der Waals surface area contributed by atoms with Crippen LogP contribution in [0.15, 0.2) is 0 Å². The van der Waals surface area contributed by atoms with Gasteiger partial charge in [-0.25, -0.2) is 0 Å². The Morgan fingerprint density at radius 2 is 1.94 bits per heavy atom. The number of esters is 1. The molecule has 0 atom stereocenters. The summed E-state index contributed by atoms with van der Waals surface area (Å²) >= 11 is 5.65. The normalized spacial score (nSPS) is 18.4. The number of halogens is 1. The zero-order chi connectivity index (χ0) is 12.0. The van der Waals surface area contributed by atoms with E-state index in [1.165, 1.54) is 19.3 Å². The number of hydrogen-bond acceptors (Lipinski definition) is 2. The first-order chi connectivity index (χ1) is 7.56. The lowest BCUT2D eigenvalue weighted by Crippen LogP contribution is -2.31. The number of ether oxygens (including phenoxy) is 1. The van der Waals surface area contributed by atoms with E-state index in [2.05, 4.69) is 0 Å². The van der Waals surface area contributed by atoms with Crippen molar-refractivity contribution in [3.05, 3.63) is 0 Å². The van der Waals surface area contributed by atoms with Crippen molar-refractivity contribution in [2.24, 2.45) is 5.41 Å². The van der Waals surface area contributed by atoms with Gasteiger partial charge in [0.1, 0.15) is 6.10 Å². The van der Waals surface area contributed by atoms with Crippen LogP contribution in [0, 0.1) is 5.41 Å². The lowest BCUT2D eigenvalue weighted by molar-refractivity contribution is -0.161. The Kier molecular flexibility index (Phi) is 5.60. The van der Waals surface area contributed by atoms with Crippen molar-refractivity contribution in [2.45, 2.75) is 64.9 Å². The van der Waals surface area contributed by atoms with Crippen molar-refractivity contribution < 1.29 is 9.53 Å². The molecule has 0 aromatic carbocycles. The van der Waals surface area contributed by atoms with E-state index in [9.17, 15) is 4.79 Å². The van der Waals surface area contributed by atoms with Crippen LogP contribution in [-0.4, -0.2) is 18.0 Å². The maximum atomic E-state index is 12.0. The van der Waals surface area contributed by atoms with Gasteiger partial charge in [0.15, 0.2) is 0 Å². The van der Waals surface area contributed by atoms with E-state index in [1.54, 1.807) is 0 Å². The van der Waals surface area contributed by atoms with Gasteiger partial charge in [0.05, 0.1) is 5.41 Å². The van der Waals surface area contributed by atoms with Gasteiger partial charge in [0.2, 0.25) is 0 Å². The number of carbonyl (C=O) groups excluding carboxylic acids is 1. The highest BCUT2D eigenvalue weighted by Crippen LogP contribution is 2.28. The topological polar surface area (TPSA) is 26.3 Å². The monoisotopic (exact) mass is 246 g/mol. The molecule has 3 heteroatoms. The average Bonchev–Trinajstić information content (AvgIpc) is 2.28. The lowest BCUT2D eigenvalue weighted by atomic mass is 9.88. The summed E-state index contributed by atoms with van der Waals surface area (Å²) in [5, 5.41) is 0. The second-order valence-electron chi connectivity index (χ2n) is 5.34. The quantitative estimate of drug-likeness (QED) is 0.543. The predicted molar refractivity (Wildman–Crippen MR) is 66.7 cm³/mol. The summed E-state index contributed by atoms with van der Waals surface area (Å²) in [6.07, 6.45) is 7.59. The van der Waals surface area contributed by atoms with E-state index in [1.807, 2.05) is 13.8 Å². The van der Waals surface area contributed by atoms with Crippen LogP contribution in [0.2, 0.25) is 0 Å². The fourth-order valence-electron chi connectivity index (χ4n) is 2.10. The lowest BCUT2D eigenvalue weighted by Gasteiger charge is -2.28. The molecule has 1 saturated carbocycles. The van der Waals surface area contributed by atoms with Crippen LogP contribution < -0.4 is 0 Å². The molecule has 0 saturated heterocycles. The second kappa shape index (κ2) is 6.48. The maximum absolute atomic E-state index is 12.0. The number of carbonyl (C=O) groups is 1. The first kappa shape index (κ1) is 13.8. The van der Waals surface area contributed by atoms with E-state index < -0.39 is 0 Å². The Morgan fingerprint density at radius 3 is 2.50 bits per heavy atom. The Balaban J connectivity index is 2.36. The van der Waals surface area contributed by atoms with Gasteiger partial charge in [0.25, 0.3) is 0 Å². The van der Waals surface area contributed by atoms with Crippen LogP contribution in [0.4, 0.5) is 0 Å². The summed E-state index contributed by atoms with van der Waals surface area (Å²) in [5.74, 6) is 0.560. The van der Waals surface area contributed by atoms with E-state index in [4.69, 9.17) is 16.3 Å². The molecule has 0 radical (unpaired) electrons. The summed E-state index contributed by atoms with van der Waals surface area (Å²) in [5.41, 5.74) is -0.383. The van der Waals surface area contributed by atoms with Gasteiger partial charge in [0, 0.05) is 5.88 Å². The van der Waals surface area contributed by atoms with Gasteiger partial charge in [-0.05, 0) is 52.4 Å². The van der Waals surface area contributed by atoms with Crippen LogP contribution in [0.3, 0.4) is 0 Å². The van der Waals surface area contributed by atoms with Gasteiger partial charge in [-0.3, -0.25) is 4.79 Å². The molecule has 0 unspecified atom stereocenters. The van der Waals surface area contributed by atoms with Crippen molar-refractivity contribution in [3.8, 4) is 0 Å². The highest BCUT2D eigenvalue weighted by atomic mass is 35.5. The first-order valence-electron chi connectivity index (χ1n) is 6.33. The minimum Gasteiger partial charge on any atom is -0.462 e. The van der Waals surface area contributed by atoms with E-state index in [0.717, 1.165) is 25.7 Å². The van der Waals surface area contributed by atoms with Crippen LogP contribution in [0.25, 0.3) is 0 Å². The molecular weight excluding hydrogens is 224 g/mol. The third-order valence-electron chi connectivity index (χ3n) is 3.31. The fourth-order valence-corrected chi connectivity index (χ4v) is 2.24. The minimum absolute atomic E-state index is 0.0514. The molecule has 1 aliphatic rings. The average molecular weight is 247 g/mol. The molecule has 0 aromatic heterocycles. The molecule has 0 aliphatic heterocycles. The predicted octanol–water partition coefficient (Wildman–Crippen LogP) is 3.91. The minimum atomic E-state index is -0.383. The molecule has 1 rings (SSSR count). The molecule has 16 heavy (non-hydrogen) atoms. The molecule has 0 aromatic rings. The maximum Gasteiger partial charge on any atom is 0.311 e. The van der Waals surface area contributed by atoms with Gasteiger partial charge in [-0.15, -0.1) is 11.6 Å². The van der Waals surface area contributed by atoms with Gasteiger partial charge in [-0.2, -0.15) is 0 Å². The molecule has 0 heterocycles. The summed E-state index contributed by atoms with van der Waals surface area (Å²) in [6, 6.07) is 0. The summed E-state index contributed by atoms with van der Waals surface area (Å²) in [6.45, 7) is 3.90. The van der Waals surface area contributed by atoms with Crippen molar-refractivity contribution in [1.29, 1.82) is 0 Å². The van der Waals surface area contributed by atoms with Gasteiger partial charge < -0.3 is 4.74 Å². The van der Waals surface area contributed by atoms with Gasteiger partial charge >= 0.3 is 5.97 Å². The summed E-state index contributed by atoms with van der Waals surface area (Å²) in [4.78, 5) is 12.0. The molecule has 2 nitrogen and oxygen atoms in total. The Hall–Kier alpha value is -0.240. The summed E-state index contributed by atoms with van der Waals surface area (Å²) < 4.78 is 5.57. The molecule has 94 valence electrons. The molecular formula is C13H23ClO2. The molecule has 1 aliphatic carbocycles. The van der Waals surface area contributed by atoms with Crippen molar-refractivity contribution in [3.63, 3.8) is 0 Å². The third kappa shape index (κ3) is 4.32. The molecule has 0 amide bonds. The Labute approximate surface area is 104 Å². The van der Waals surface area contributed by atoms with Crippen LogP contribution >= 0.6 is 11.6 Å². The highest BCUT2D eigenvalue weighted by molar-refractivity contribution is 6.17. The standard InChI is InChI=1S/C13H23ClO2/c1-13(2,9-6-10-14)12(15)16-11-7-4-3-5-8-11/h11H,3-10H2,1-2H3. The Bertz CT molecular complexity index is 220. The van der Waals surface area contributed by atoms with Crippen molar-refractivity contribution in [2.75, 3.05) is 5.88 Å². The zero-order valence-electron chi connectivity index (χ0n) is 10.4. The number of alkyl halides is 1. The van der Waals surface area contributed by atoms with Gasteiger partial charge in [-0.1, -0.05) is 6.42 Å². The SMILES string of the molecule is CC(C)(CCCCl)C(=O)OC1CCCCC1. The molecule has 1 fully saturated rings. The van der Waals surface area contributed by atoms with Crippen LogP contribution in [0.1, 0.15) is 58.8 Å². The van der Waals surface area contributed by atoms with E-state index in [0.29, 0.717) is 5.88 Å². The first-order valence-corrected chi connectivity index (χ1v) is 6.87. The van der Waals surface area contributed by atoms with Crippen LogP contribution in [-0.2, 0) is 9.53 Å². The highest BCUT2D eigenvalue weighted by Gasteiger charge is 2.31. The van der Waals surface area contributed by atoms with E-state index >= 15 is 0 Å². The van der Waals surface area contributed by atoms with Crippen molar-refractivity contribution in [1.82, 2.24) is 0 Å².